The minimum atomic E-state index is -4.41. The lowest BCUT2D eigenvalue weighted by atomic mass is 9.87. The number of benzene rings is 3. The van der Waals surface area contributed by atoms with Crippen LogP contribution in [0.25, 0.3) is 0 Å². The van der Waals surface area contributed by atoms with E-state index in [0.29, 0.717) is 44.7 Å². The van der Waals surface area contributed by atoms with Gasteiger partial charge >= 0.3 is 6.18 Å². The third-order valence-electron chi connectivity index (χ3n) is 9.69. The first-order valence-corrected chi connectivity index (χ1v) is 17.6. The third-order valence-corrected chi connectivity index (χ3v) is 9.69. The van der Waals surface area contributed by atoms with Crippen molar-refractivity contribution < 1.29 is 33.0 Å². The number of rotatable bonds is 6. The van der Waals surface area contributed by atoms with Crippen molar-refractivity contribution in [2.45, 2.75) is 102 Å². The summed E-state index contributed by atoms with van der Waals surface area (Å²) in [5.41, 5.74) is 0.553. The lowest BCUT2D eigenvalue weighted by molar-refractivity contribution is -0.139. The summed E-state index contributed by atoms with van der Waals surface area (Å²) in [4.78, 5) is 26.7. The first-order chi connectivity index (χ1) is 23.7. The van der Waals surface area contributed by atoms with Crippen molar-refractivity contribution in [1.82, 2.24) is 10.2 Å². The van der Waals surface area contributed by atoms with Gasteiger partial charge in [0.15, 0.2) is 0 Å². The van der Waals surface area contributed by atoms with E-state index < -0.39 is 28.8 Å². The SMILES string of the molecule is CC(C)(C)c1ccc(NC(=O)C2(O)CCN(Cc3ccccc3C(F)(F)F)CC2)cc1.CC(C)(C)c1ccc(NC(=O)C2(O)CCNCC2)cc1. The average Bonchev–Trinajstić information content (AvgIpc) is 3.06. The smallest absolute Gasteiger partial charge is 0.380 e. The van der Waals surface area contributed by atoms with E-state index in [2.05, 4.69) is 57.5 Å². The van der Waals surface area contributed by atoms with Gasteiger partial charge in [0, 0.05) is 31.0 Å². The van der Waals surface area contributed by atoms with Crippen molar-refractivity contribution >= 4 is 23.2 Å². The van der Waals surface area contributed by atoms with Crippen LogP contribution in [0.15, 0.2) is 72.8 Å². The fourth-order valence-corrected chi connectivity index (χ4v) is 6.15. The van der Waals surface area contributed by atoms with Gasteiger partial charge < -0.3 is 26.2 Å². The number of piperidine rings is 2. The molecule has 3 aromatic carbocycles. The minimum absolute atomic E-state index is 0.00168. The quantitative estimate of drug-likeness (QED) is 0.188. The zero-order chi connectivity index (χ0) is 37.7. The number of halogens is 3. The van der Waals surface area contributed by atoms with Crippen LogP contribution >= 0.6 is 0 Å². The Morgan fingerprint density at radius 2 is 1.10 bits per heavy atom. The van der Waals surface area contributed by atoms with Crippen molar-refractivity contribution in [3.05, 3.63) is 95.1 Å². The molecule has 2 amide bonds. The number of likely N-dealkylation sites (tertiary alicyclic amines) is 1. The largest absolute Gasteiger partial charge is 0.416 e. The lowest BCUT2D eigenvalue weighted by Crippen LogP contribution is -2.51. The molecule has 2 fully saturated rings. The topological polar surface area (TPSA) is 114 Å². The van der Waals surface area contributed by atoms with E-state index in [0.717, 1.165) is 17.3 Å². The predicted octanol–water partition coefficient (Wildman–Crippen LogP) is 7.01. The number of hydrogen-bond donors (Lipinski definition) is 5. The molecule has 2 saturated heterocycles. The molecule has 11 heteroatoms. The fourth-order valence-electron chi connectivity index (χ4n) is 6.15. The maximum atomic E-state index is 13.2. The first kappa shape index (κ1) is 40.0. The maximum absolute atomic E-state index is 13.2. The van der Waals surface area contributed by atoms with Gasteiger partial charge in [0.1, 0.15) is 11.2 Å². The van der Waals surface area contributed by atoms with Crippen LogP contribution < -0.4 is 16.0 Å². The van der Waals surface area contributed by atoms with E-state index in [1.807, 2.05) is 53.4 Å². The van der Waals surface area contributed by atoms with Crippen molar-refractivity contribution in [3.63, 3.8) is 0 Å². The molecule has 5 rings (SSSR count). The number of amides is 2. The summed E-state index contributed by atoms with van der Waals surface area (Å²) in [6.45, 7) is 14.9. The Hall–Kier alpha value is -3.77. The number of nitrogens with one attached hydrogen (secondary N) is 3. The summed E-state index contributed by atoms with van der Waals surface area (Å²) in [7, 11) is 0. The maximum Gasteiger partial charge on any atom is 0.416 e. The molecular weight excluding hydrogens is 657 g/mol. The Balaban J connectivity index is 0.000000251. The molecule has 0 atom stereocenters. The number of carbonyl (C=O) groups is 2. The van der Waals surface area contributed by atoms with E-state index in [1.165, 1.54) is 17.7 Å². The molecule has 3 aromatic rings. The normalized spacial score (nSPS) is 17.9. The molecule has 0 radical (unpaired) electrons. The summed E-state index contributed by atoms with van der Waals surface area (Å²) >= 11 is 0. The van der Waals surface area contributed by atoms with Gasteiger partial charge in [0.05, 0.1) is 5.56 Å². The fraction of sp³-hybridized carbons (Fsp3) is 0.500. The van der Waals surface area contributed by atoms with Crippen molar-refractivity contribution in [2.75, 3.05) is 36.8 Å². The monoisotopic (exact) mass is 710 g/mol. The number of anilines is 2. The molecule has 2 aliphatic heterocycles. The summed E-state index contributed by atoms with van der Waals surface area (Å²) < 4.78 is 39.7. The second kappa shape index (κ2) is 15.9. The first-order valence-electron chi connectivity index (χ1n) is 17.6. The van der Waals surface area contributed by atoms with Crippen molar-refractivity contribution in [1.29, 1.82) is 0 Å². The zero-order valence-electron chi connectivity index (χ0n) is 30.6. The second-order valence-electron chi connectivity index (χ2n) is 15.8. The van der Waals surface area contributed by atoms with Crippen LogP contribution in [0.3, 0.4) is 0 Å². The molecule has 0 aliphatic carbocycles. The molecule has 8 nitrogen and oxygen atoms in total. The summed E-state index contributed by atoms with van der Waals surface area (Å²) in [6, 6.07) is 20.8. The third kappa shape index (κ3) is 10.9. The summed E-state index contributed by atoms with van der Waals surface area (Å²) in [5, 5.41) is 29.9. The van der Waals surface area contributed by atoms with E-state index in [1.54, 1.807) is 6.07 Å². The Kier molecular flexibility index (Phi) is 12.4. The molecule has 278 valence electrons. The van der Waals surface area contributed by atoms with Gasteiger partial charge in [0.25, 0.3) is 11.8 Å². The van der Waals surface area contributed by atoms with Crippen LogP contribution in [0.4, 0.5) is 24.5 Å². The Labute approximate surface area is 299 Å². The average molecular weight is 711 g/mol. The second-order valence-corrected chi connectivity index (χ2v) is 15.8. The molecule has 0 bridgehead atoms. The molecule has 2 heterocycles. The molecular formula is C40H53F3N4O4. The number of carbonyl (C=O) groups excluding carboxylic acids is 2. The van der Waals surface area contributed by atoms with Crippen LogP contribution in [-0.2, 0) is 33.1 Å². The number of hydrogen-bond acceptors (Lipinski definition) is 6. The zero-order valence-corrected chi connectivity index (χ0v) is 30.6. The molecule has 0 spiro atoms. The van der Waals surface area contributed by atoms with E-state index in [-0.39, 0.29) is 41.7 Å². The van der Waals surface area contributed by atoms with Crippen LogP contribution in [-0.4, -0.2) is 64.3 Å². The van der Waals surface area contributed by atoms with E-state index >= 15 is 0 Å². The highest BCUT2D eigenvalue weighted by molar-refractivity contribution is 5.97. The molecule has 2 aliphatic rings. The van der Waals surface area contributed by atoms with Gasteiger partial charge in [0.2, 0.25) is 0 Å². The Morgan fingerprint density at radius 3 is 1.51 bits per heavy atom. The van der Waals surface area contributed by atoms with Gasteiger partial charge in [-0.25, -0.2) is 0 Å². The number of nitrogens with zero attached hydrogens (tertiary/aromatic N) is 1. The molecule has 0 aromatic heterocycles. The minimum Gasteiger partial charge on any atom is -0.380 e. The van der Waals surface area contributed by atoms with Crippen LogP contribution in [0.1, 0.15) is 89.5 Å². The van der Waals surface area contributed by atoms with Crippen LogP contribution in [0, 0.1) is 0 Å². The van der Waals surface area contributed by atoms with Gasteiger partial charge in [-0.2, -0.15) is 13.2 Å². The summed E-state index contributed by atoms with van der Waals surface area (Å²) in [6.07, 6.45) is -3.17. The number of alkyl halides is 3. The van der Waals surface area contributed by atoms with Gasteiger partial charge in [-0.15, -0.1) is 0 Å². The highest BCUT2D eigenvalue weighted by atomic mass is 19.4. The molecule has 5 N–H and O–H groups in total. The summed E-state index contributed by atoms with van der Waals surface area (Å²) in [5.74, 6) is -0.783. The van der Waals surface area contributed by atoms with Gasteiger partial charge in [-0.05, 0) is 96.6 Å². The molecule has 0 unspecified atom stereocenters. The van der Waals surface area contributed by atoms with Crippen molar-refractivity contribution in [3.8, 4) is 0 Å². The highest BCUT2D eigenvalue weighted by Gasteiger charge is 2.40. The highest BCUT2D eigenvalue weighted by Crippen LogP contribution is 2.34. The lowest BCUT2D eigenvalue weighted by Gasteiger charge is -2.37. The standard InChI is InChI=1S/C24H29F3N2O2.C16H24N2O2/c1-22(2,3)18-8-10-19(11-9-18)28-21(30)23(31)12-14-29(15-13-23)16-17-6-4-5-7-20(17)24(25,26)27;1-15(2,3)12-4-6-13(7-5-12)18-14(19)16(20)8-10-17-11-9-16/h4-11,31H,12-16H2,1-3H3,(H,28,30);4-7,17,20H,8-11H2,1-3H3,(H,18,19). The number of aliphatic hydroxyl groups is 2. The van der Waals surface area contributed by atoms with Gasteiger partial charge in [-0.1, -0.05) is 84.0 Å². The van der Waals surface area contributed by atoms with Gasteiger partial charge in [-0.3, -0.25) is 14.5 Å². The van der Waals surface area contributed by atoms with Crippen LogP contribution in [0.5, 0.6) is 0 Å². The Bertz CT molecular complexity index is 1610. The molecule has 51 heavy (non-hydrogen) atoms. The Morgan fingerprint density at radius 1 is 0.686 bits per heavy atom. The molecule has 0 saturated carbocycles. The van der Waals surface area contributed by atoms with Crippen LogP contribution in [0.2, 0.25) is 0 Å². The van der Waals surface area contributed by atoms with E-state index in [4.69, 9.17) is 0 Å². The van der Waals surface area contributed by atoms with E-state index in [9.17, 15) is 33.0 Å². The van der Waals surface area contributed by atoms with Crippen molar-refractivity contribution in [2.24, 2.45) is 0 Å². The predicted molar refractivity (Wildman–Crippen MR) is 196 cm³/mol.